The van der Waals surface area contributed by atoms with E-state index in [1.807, 2.05) is 6.07 Å². The van der Waals surface area contributed by atoms with Crippen LogP contribution >= 0.6 is 0 Å². The number of benzene rings is 1. The maximum atomic E-state index is 13.5. The molecular formula is C21H28N2O4. The number of hydrogen-bond acceptors (Lipinski definition) is 4. The third-order valence-corrected chi connectivity index (χ3v) is 6.08. The molecule has 3 fully saturated rings. The van der Waals surface area contributed by atoms with Gasteiger partial charge >= 0.3 is 0 Å². The molecule has 1 spiro atoms. The van der Waals surface area contributed by atoms with Crippen molar-refractivity contribution in [3.63, 3.8) is 0 Å². The van der Waals surface area contributed by atoms with Crippen LogP contribution in [0, 0.1) is 5.92 Å². The number of carbonyl (C=O) groups excluding carboxylic acids is 2. The number of hydrogen-bond donors (Lipinski definition) is 1. The van der Waals surface area contributed by atoms with Crippen LogP contribution in [0.4, 0.5) is 0 Å². The van der Waals surface area contributed by atoms with E-state index in [-0.39, 0.29) is 24.5 Å². The van der Waals surface area contributed by atoms with E-state index < -0.39 is 11.8 Å². The predicted octanol–water partition coefficient (Wildman–Crippen LogP) is 2.72. The van der Waals surface area contributed by atoms with Crippen LogP contribution in [0.5, 0.6) is 5.75 Å². The van der Waals surface area contributed by atoms with E-state index in [1.165, 1.54) is 0 Å². The Hall–Kier alpha value is -2.08. The first-order chi connectivity index (χ1) is 13.0. The molecule has 1 aromatic rings. The molecule has 0 bridgehead atoms. The molecule has 6 heteroatoms. The summed E-state index contributed by atoms with van der Waals surface area (Å²) in [4.78, 5) is 28.1. The van der Waals surface area contributed by atoms with Gasteiger partial charge in [-0.2, -0.15) is 0 Å². The molecule has 1 atom stereocenters. The topological polar surface area (TPSA) is 67.9 Å². The second-order valence-corrected chi connectivity index (χ2v) is 8.15. The molecule has 2 amide bonds. The van der Waals surface area contributed by atoms with Crippen LogP contribution in [0.2, 0.25) is 0 Å². The van der Waals surface area contributed by atoms with E-state index in [4.69, 9.17) is 9.47 Å². The quantitative estimate of drug-likeness (QED) is 0.882. The fourth-order valence-electron chi connectivity index (χ4n) is 4.20. The van der Waals surface area contributed by atoms with Crippen molar-refractivity contribution >= 4 is 11.8 Å². The first kappa shape index (κ1) is 18.3. The number of nitrogens with one attached hydrogen (secondary N) is 1. The third-order valence-electron chi connectivity index (χ3n) is 6.08. The second-order valence-electron chi connectivity index (χ2n) is 8.15. The average Bonchev–Trinajstić information content (AvgIpc) is 3.43. The molecule has 1 heterocycles. The lowest BCUT2D eigenvalue weighted by atomic mass is 9.83. The SMILES string of the molecule is COc1cccc(C(=O)N2[C@H](C(=O)NC3CC3)COC23CCC(C)CC3)c1. The molecule has 2 aliphatic carbocycles. The van der Waals surface area contributed by atoms with E-state index in [0.29, 0.717) is 17.2 Å². The van der Waals surface area contributed by atoms with Crippen LogP contribution in [0.15, 0.2) is 24.3 Å². The summed E-state index contributed by atoms with van der Waals surface area (Å²) in [5.41, 5.74) is -0.139. The van der Waals surface area contributed by atoms with E-state index in [0.717, 1.165) is 38.5 Å². The normalized spacial score (nSPS) is 30.4. The fourth-order valence-corrected chi connectivity index (χ4v) is 4.20. The zero-order chi connectivity index (χ0) is 19.0. The fraction of sp³-hybridized carbons (Fsp3) is 0.619. The molecule has 146 valence electrons. The number of ether oxygens (including phenoxy) is 2. The monoisotopic (exact) mass is 372 g/mol. The molecule has 6 nitrogen and oxygen atoms in total. The Kier molecular flexibility index (Phi) is 4.84. The molecule has 27 heavy (non-hydrogen) atoms. The molecule has 0 radical (unpaired) electrons. The van der Waals surface area contributed by atoms with E-state index in [1.54, 1.807) is 30.2 Å². The van der Waals surface area contributed by atoms with Gasteiger partial charge in [0.1, 0.15) is 17.5 Å². The molecule has 0 aromatic heterocycles. The van der Waals surface area contributed by atoms with Gasteiger partial charge in [0.25, 0.3) is 5.91 Å². The largest absolute Gasteiger partial charge is 0.497 e. The van der Waals surface area contributed by atoms with Crippen molar-refractivity contribution < 1.29 is 19.1 Å². The lowest BCUT2D eigenvalue weighted by Gasteiger charge is -2.43. The smallest absolute Gasteiger partial charge is 0.257 e. The Bertz CT molecular complexity index is 723. The third kappa shape index (κ3) is 3.55. The molecule has 1 N–H and O–H groups in total. The molecule has 0 unspecified atom stereocenters. The summed E-state index contributed by atoms with van der Waals surface area (Å²) in [5, 5.41) is 3.05. The molecule has 4 rings (SSSR count). The molecule has 1 aliphatic heterocycles. The highest BCUT2D eigenvalue weighted by Gasteiger charge is 2.54. The van der Waals surface area contributed by atoms with Crippen LogP contribution in [0.1, 0.15) is 55.8 Å². The van der Waals surface area contributed by atoms with Crippen molar-refractivity contribution in [1.29, 1.82) is 0 Å². The van der Waals surface area contributed by atoms with Crippen molar-refractivity contribution in [3.8, 4) is 5.75 Å². The van der Waals surface area contributed by atoms with Gasteiger partial charge in [-0.3, -0.25) is 14.5 Å². The highest BCUT2D eigenvalue weighted by Crippen LogP contribution is 2.43. The van der Waals surface area contributed by atoms with Gasteiger partial charge in [-0.1, -0.05) is 13.0 Å². The second kappa shape index (κ2) is 7.15. The van der Waals surface area contributed by atoms with Crippen LogP contribution < -0.4 is 10.1 Å². The maximum absolute atomic E-state index is 13.5. The zero-order valence-electron chi connectivity index (χ0n) is 16.1. The van der Waals surface area contributed by atoms with Gasteiger partial charge < -0.3 is 14.8 Å². The van der Waals surface area contributed by atoms with Gasteiger partial charge in [-0.05, 0) is 62.6 Å². The van der Waals surface area contributed by atoms with Gasteiger partial charge in [-0.25, -0.2) is 0 Å². The number of amides is 2. The lowest BCUT2D eigenvalue weighted by molar-refractivity contribution is -0.128. The summed E-state index contributed by atoms with van der Waals surface area (Å²) >= 11 is 0. The van der Waals surface area contributed by atoms with E-state index >= 15 is 0 Å². The van der Waals surface area contributed by atoms with Gasteiger partial charge in [0.15, 0.2) is 0 Å². The summed E-state index contributed by atoms with van der Waals surface area (Å²) in [7, 11) is 1.58. The van der Waals surface area contributed by atoms with Crippen molar-refractivity contribution in [3.05, 3.63) is 29.8 Å². The van der Waals surface area contributed by atoms with Gasteiger partial charge in [0, 0.05) is 11.6 Å². The molecule has 1 saturated heterocycles. The first-order valence-corrected chi connectivity index (χ1v) is 9.94. The van der Waals surface area contributed by atoms with Crippen molar-refractivity contribution in [2.75, 3.05) is 13.7 Å². The van der Waals surface area contributed by atoms with Gasteiger partial charge in [-0.15, -0.1) is 0 Å². The van der Waals surface area contributed by atoms with Crippen LogP contribution in [-0.4, -0.2) is 48.2 Å². The van der Waals surface area contributed by atoms with Crippen molar-refractivity contribution in [1.82, 2.24) is 10.2 Å². The zero-order valence-corrected chi connectivity index (χ0v) is 16.1. The summed E-state index contributed by atoms with van der Waals surface area (Å²) < 4.78 is 11.5. The predicted molar refractivity (Wildman–Crippen MR) is 100 cm³/mol. The first-order valence-electron chi connectivity index (χ1n) is 9.94. The van der Waals surface area contributed by atoms with E-state index in [2.05, 4.69) is 12.2 Å². The summed E-state index contributed by atoms with van der Waals surface area (Å²) in [6.45, 7) is 2.50. The highest BCUT2D eigenvalue weighted by molar-refractivity contribution is 5.98. The molecule has 2 saturated carbocycles. The molecule has 1 aromatic carbocycles. The lowest BCUT2D eigenvalue weighted by Crippen LogP contribution is -2.57. The average molecular weight is 372 g/mol. The van der Waals surface area contributed by atoms with Crippen LogP contribution in [0.25, 0.3) is 0 Å². The number of rotatable bonds is 4. The van der Waals surface area contributed by atoms with Crippen LogP contribution in [-0.2, 0) is 9.53 Å². The summed E-state index contributed by atoms with van der Waals surface area (Å²) in [5.74, 6) is 1.000. The van der Waals surface area contributed by atoms with E-state index in [9.17, 15) is 9.59 Å². The van der Waals surface area contributed by atoms with Crippen LogP contribution in [0.3, 0.4) is 0 Å². The van der Waals surface area contributed by atoms with Gasteiger partial charge in [0.2, 0.25) is 5.91 Å². The van der Waals surface area contributed by atoms with Crippen molar-refractivity contribution in [2.45, 2.75) is 63.3 Å². The summed E-state index contributed by atoms with van der Waals surface area (Å²) in [6, 6.07) is 6.81. The Labute approximate surface area is 160 Å². The number of carbonyl (C=O) groups is 2. The van der Waals surface area contributed by atoms with Crippen molar-refractivity contribution in [2.24, 2.45) is 5.92 Å². The number of nitrogens with zero attached hydrogens (tertiary/aromatic N) is 1. The standard InChI is InChI=1S/C21H28N2O4/c1-14-8-10-21(11-9-14)23(18(13-27-21)19(24)22-16-6-7-16)20(25)15-4-3-5-17(12-15)26-2/h3-5,12,14,16,18H,6-11,13H2,1-2H3,(H,22,24)/t14?,18-,21?/m0/s1. The number of methoxy groups -OCH3 is 1. The highest BCUT2D eigenvalue weighted by atomic mass is 16.5. The Morgan fingerprint density at radius 1 is 1.22 bits per heavy atom. The Balaban J connectivity index is 1.64. The maximum Gasteiger partial charge on any atom is 0.257 e. The minimum absolute atomic E-state index is 0.0933. The molecule has 3 aliphatic rings. The van der Waals surface area contributed by atoms with Gasteiger partial charge in [0.05, 0.1) is 13.7 Å². The molecular weight excluding hydrogens is 344 g/mol. The minimum atomic E-state index is -0.668. The Morgan fingerprint density at radius 2 is 1.96 bits per heavy atom. The summed E-state index contributed by atoms with van der Waals surface area (Å²) in [6.07, 6.45) is 5.59. The minimum Gasteiger partial charge on any atom is -0.497 e. The Morgan fingerprint density at radius 3 is 2.63 bits per heavy atom.